The van der Waals surface area contributed by atoms with Gasteiger partial charge in [0.1, 0.15) is 6.61 Å². The summed E-state index contributed by atoms with van der Waals surface area (Å²) in [6.07, 6.45) is 7.17. The van der Waals surface area contributed by atoms with Crippen LogP contribution in [0.2, 0.25) is 0 Å². The SMILES string of the molecule is COCc1nc(C2CCCCCN2C(=O)Nc2ccncc2)no1. The van der Waals surface area contributed by atoms with Crippen LogP contribution in [0.4, 0.5) is 10.5 Å². The zero-order valence-electron chi connectivity index (χ0n) is 13.6. The van der Waals surface area contributed by atoms with E-state index in [1.807, 2.05) is 0 Å². The Morgan fingerprint density at radius 3 is 3.00 bits per heavy atom. The Bertz CT molecular complexity index is 661. The van der Waals surface area contributed by atoms with E-state index in [9.17, 15) is 4.79 Å². The number of urea groups is 1. The van der Waals surface area contributed by atoms with Crippen LogP contribution in [0.1, 0.15) is 43.4 Å². The summed E-state index contributed by atoms with van der Waals surface area (Å²) in [7, 11) is 1.57. The van der Waals surface area contributed by atoms with Crippen molar-refractivity contribution in [3.8, 4) is 0 Å². The number of methoxy groups -OCH3 is 1. The number of ether oxygens (including phenoxy) is 1. The van der Waals surface area contributed by atoms with Crippen LogP contribution in [-0.2, 0) is 11.3 Å². The standard InChI is InChI=1S/C16H21N5O3/c1-23-11-14-19-15(20-24-14)13-5-3-2-4-10-21(13)16(22)18-12-6-8-17-9-7-12/h6-9,13H,2-5,10-11H2,1H3,(H,17,18,22). The number of carbonyl (C=O) groups excluding carboxylic acids is 1. The maximum atomic E-state index is 12.7. The average Bonchev–Trinajstić information content (AvgIpc) is 2.91. The molecule has 3 rings (SSSR count). The molecule has 1 saturated heterocycles. The summed E-state index contributed by atoms with van der Waals surface area (Å²) in [5.74, 6) is 0.958. The lowest BCUT2D eigenvalue weighted by molar-refractivity contribution is 0.151. The lowest BCUT2D eigenvalue weighted by Crippen LogP contribution is -2.38. The molecule has 2 aromatic rings. The van der Waals surface area contributed by atoms with Gasteiger partial charge in [0.05, 0.1) is 6.04 Å². The predicted octanol–water partition coefficient (Wildman–Crippen LogP) is 2.76. The summed E-state index contributed by atoms with van der Waals surface area (Å²) < 4.78 is 10.2. The van der Waals surface area contributed by atoms with Gasteiger partial charge in [-0.15, -0.1) is 0 Å². The molecular weight excluding hydrogens is 310 g/mol. The molecule has 2 amide bonds. The Kier molecular flexibility index (Phi) is 5.37. The van der Waals surface area contributed by atoms with Gasteiger partial charge >= 0.3 is 6.03 Å². The van der Waals surface area contributed by atoms with Gasteiger partial charge in [-0.3, -0.25) is 4.98 Å². The third-order valence-corrected chi connectivity index (χ3v) is 3.99. The van der Waals surface area contributed by atoms with Crippen molar-refractivity contribution in [3.63, 3.8) is 0 Å². The molecule has 1 N–H and O–H groups in total. The number of amides is 2. The highest BCUT2D eigenvalue weighted by molar-refractivity contribution is 5.89. The van der Waals surface area contributed by atoms with Crippen LogP contribution in [0, 0.1) is 0 Å². The summed E-state index contributed by atoms with van der Waals surface area (Å²) in [5.41, 5.74) is 0.714. The van der Waals surface area contributed by atoms with Gasteiger partial charge in [-0.25, -0.2) is 4.79 Å². The van der Waals surface area contributed by atoms with Crippen LogP contribution in [0.25, 0.3) is 0 Å². The number of likely N-dealkylation sites (tertiary alicyclic amines) is 1. The third kappa shape index (κ3) is 3.88. The molecule has 1 fully saturated rings. The van der Waals surface area contributed by atoms with Gasteiger partial charge in [-0.2, -0.15) is 4.98 Å². The highest BCUT2D eigenvalue weighted by atomic mass is 16.5. The summed E-state index contributed by atoms with van der Waals surface area (Å²) in [6, 6.07) is 3.17. The van der Waals surface area contributed by atoms with Crippen molar-refractivity contribution in [2.45, 2.75) is 38.3 Å². The normalized spacial score (nSPS) is 18.2. The van der Waals surface area contributed by atoms with E-state index in [1.54, 1.807) is 36.5 Å². The van der Waals surface area contributed by atoms with Crippen LogP contribution in [0.3, 0.4) is 0 Å². The second-order valence-corrected chi connectivity index (χ2v) is 5.70. The highest BCUT2D eigenvalue weighted by Gasteiger charge is 2.30. The first-order valence-electron chi connectivity index (χ1n) is 8.07. The molecule has 0 aromatic carbocycles. The molecule has 8 heteroatoms. The largest absolute Gasteiger partial charge is 0.375 e. The van der Waals surface area contributed by atoms with E-state index in [1.165, 1.54) is 0 Å². The lowest BCUT2D eigenvalue weighted by Gasteiger charge is -2.27. The van der Waals surface area contributed by atoms with Crippen LogP contribution in [0.15, 0.2) is 29.0 Å². The fraction of sp³-hybridized carbons (Fsp3) is 0.500. The number of hydrogen-bond acceptors (Lipinski definition) is 6. The van der Waals surface area contributed by atoms with Crippen molar-refractivity contribution in [1.82, 2.24) is 20.0 Å². The lowest BCUT2D eigenvalue weighted by atomic mass is 10.1. The van der Waals surface area contributed by atoms with E-state index in [4.69, 9.17) is 9.26 Å². The van der Waals surface area contributed by atoms with E-state index in [2.05, 4.69) is 20.4 Å². The first-order valence-corrected chi connectivity index (χ1v) is 8.07. The van der Waals surface area contributed by atoms with Crippen LogP contribution < -0.4 is 5.32 Å². The zero-order valence-corrected chi connectivity index (χ0v) is 13.6. The van der Waals surface area contributed by atoms with Crippen molar-refractivity contribution in [3.05, 3.63) is 36.2 Å². The van der Waals surface area contributed by atoms with Gasteiger partial charge in [0.15, 0.2) is 5.82 Å². The van der Waals surface area contributed by atoms with Crippen molar-refractivity contribution in [2.24, 2.45) is 0 Å². The highest BCUT2D eigenvalue weighted by Crippen LogP contribution is 2.29. The molecule has 1 unspecified atom stereocenters. The van der Waals surface area contributed by atoms with E-state index < -0.39 is 0 Å². The van der Waals surface area contributed by atoms with Crippen LogP contribution in [0.5, 0.6) is 0 Å². The zero-order chi connectivity index (χ0) is 16.8. The second-order valence-electron chi connectivity index (χ2n) is 5.70. The third-order valence-electron chi connectivity index (χ3n) is 3.99. The number of pyridine rings is 1. The quantitative estimate of drug-likeness (QED) is 0.926. The topological polar surface area (TPSA) is 93.4 Å². The summed E-state index contributed by atoms with van der Waals surface area (Å²) in [4.78, 5) is 22.8. The Morgan fingerprint density at radius 2 is 2.21 bits per heavy atom. The molecule has 0 radical (unpaired) electrons. The minimum absolute atomic E-state index is 0.161. The predicted molar refractivity (Wildman–Crippen MR) is 86.2 cm³/mol. The second kappa shape index (κ2) is 7.87. The molecule has 2 aromatic heterocycles. The molecule has 3 heterocycles. The van der Waals surface area contributed by atoms with Gasteiger partial charge in [0.25, 0.3) is 5.89 Å². The molecule has 1 aliphatic rings. The van der Waals surface area contributed by atoms with Crippen molar-refractivity contribution in [1.29, 1.82) is 0 Å². The van der Waals surface area contributed by atoms with Gasteiger partial charge in [-0.05, 0) is 25.0 Å². The number of hydrogen-bond donors (Lipinski definition) is 1. The van der Waals surface area contributed by atoms with Gasteiger partial charge in [0.2, 0.25) is 0 Å². The number of rotatable bonds is 4. The molecule has 0 spiro atoms. The maximum absolute atomic E-state index is 12.7. The molecular formula is C16H21N5O3. The number of nitrogens with one attached hydrogen (secondary N) is 1. The van der Waals surface area contributed by atoms with E-state index in [0.29, 0.717) is 23.9 Å². The van der Waals surface area contributed by atoms with Crippen molar-refractivity contribution < 1.29 is 14.1 Å². The minimum Gasteiger partial charge on any atom is -0.375 e. The fourth-order valence-corrected chi connectivity index (χ4v) is 2.84. The van der Waals surface area contributed by atoms with E-state index >= 15 is 0 Å². The molecule has 0 saturated carbocycles. The number of anilines is 1. The van der Waals surface area contributed by atoms with Gasteiger partial charge < -0.3 is 19.5 Å². The molecule has 24 heavy (non-hydrogen) atoms. The summed E-state index contributed by atoms with van der Waals surface area (Å²) >= 11 is 0. The van der Waals surface area contributed by atoms with Crippen LogP contribution in [-0.4, -0.2) is 39.7 Å². The number of carbonyl (C=O) groups is 1. The first kappa shape index (κ1) is 16.4. The van der Waals surface area contributed by atoms with E-state index in [-0.39, 0.29) is 18.7 Å². The number of aromatic nitrogens is 3. The van der Waals surface area contributed by atoms with Crippen molar-refractivity contribution >= 4 is 11.7 Å². The minimum atomic E-state index is -0.191. The molecule has 1 aliphatic heterocycles. The molecule has 1 atom stereocenters. The summed E-state index contributed by atoms with van der Waals surface area (Å²) in [5, 5.41) is 6.95. The smallest absolute Gasteiger partial charge is 0.322 e. The van der Waals surface area contributed by atoms with Crippen LogP contribution >= 0.6 is 0 Å². The molecule has 128 valence electrons. The monoisotopic (exact) mass is 331 g/mol. The average molecular weight is 331 g/mol. The van der Waals surface area contributed by atoms with E-state index in [0.717, 1.165) is 25.7 Å². The van der Waals surface area contributed by atoms with Crippen molar-refractivity contribution in [2.75, 3.05) is 19.0 Å². The Hall–Kier alpha value is -2.48. The Balaban J connectivity index is 1.77. The molecule has 0 aliphatic carbocycles. The Morgan fingerprint density at radius 1 is 1.38 bits per heavy atom. The maximum Gasteiger partial charge on any atom is 0.322 e. The number of nitrogens with zero attached hydrogens (tertiary/aromatic N) is 4. The summed E-state index contributed by atoms with van der Waals surface area (Å²) in [6.45, 7) is 0.929. The van der Waals surface area contributed by atoms with Gasteiger partial charge in [-0.1, -0.05) is 18.0 Å². The first-order chi connectivity index (χ1) is 11.8. The Labute approximate surface area is 140 Å². The molecule has 0 bridgehead atoms. The molecule has 8 nitrogen and oxygen atoms in total. The fourth-order valence-electron chi connectivity index (χ4n) is 2.84. The van der Waals surface area contributed by atoms with Gasteiger partial charge in [0, 0.05) is 31.7 Å².